The number of likely N-dealkylation sites (tertiary alicyclic amines) is 1. The van der Waals surface area contributed by atoms with Crippen LogP contribution >= 0.6 is 0 Å². The van der Waals surface area contributed by atoms with E-state index in [1.165, 1.54) is 0 Å². The van der Waals surface area contributed by atoms with E-state index in [0.29, 0.717) is 32.4 Å². The zero-order chi connectivity index (χ0) is 14.8. The third-order valence-corrected chi connectivity index (χ3v) is 5.55. The average molecular weight is 305 g/mol. The number of hydrogen-bond donors (Lipinski definition) is 1. The standard InChI is InChI=1S/C12H19NO6S/c14-11(15)7-19-10-1-4-13(5-2-10)12(16)9-3-6-20(17,18)8-9/h9-10H,1-8H2,(H,14,15). The summed E-state index contributed by atoms with van der Waals surface area (Å²) in [7, 11) is -3.05. The number of rotatable bonds is 4. The van der Waals surface area contributed by atoms with Crippen LogP contribution in [0.3, 0.4) is 0 Å². The highest BCUT2D eigenvalue weighted by molar-refractivity contribution is 7.91. The van der Waals surface area contributed by atoms with Gasteiger partial charge in [-0.3, -0.25) is 4.79 Å². The van der Waals surface area contributed by atoms with Crippen molar-refractivity contribution < 1.29 is 27.9 Å². The number of ether oxygens (including phenoxy) is 1. The van der Waals surface area contributed by atoms with Gasteiger partial charge in [0.15, 0.2) is 9.84 Å². The number of piperidine rings is 1. The Balaban J connectivity index is 1.79. The topological polar surface area (TPSA) is 101 Å². The summed E-state index contributed by atoms with van der Waals surface area (Å²) in [5.74, 6) is -1.44. The molecule has 2 saturated heterocycles. The molecule has 2 fully saturated rings. The predicted molar refractivity (Wildman–Crippen MR) is 70.0 cm³/mol. The number of hydrogen-bond acceptors (Lipinski definition) is 5. The largest absolute Gasteiger partial charge is 0.480 e. The summed E-state index contributed by atoms with van der Waals surface area (Å²) < 4.78 is 28.0. The van der Waals surface area contributed by atoms with Crippen LogP contribution in [0, 0.1) is 5.92 Å². The molecule has 0 aromatic heterocycles. The van der Waals surface area contributed by atoms with E-state index in [0.717, 1.165) is 0 Å². The minimum Gasteiger partial charge on any atom is -0.480 e. The first-order chi connectivity index (χ1) is 9.37. The lowest BCUT2D eigenvalue weighted by molar-refractivity contribution is -0.147. The molecule has 1 amide bonds. The minimum atomic E-state index is -3.05. The summed E-state index contributed by atoms with van der Waals surface area (Å²) in [5.41, 5.74) is 0. The van der Waals surface area contributed by atoms with Crippen molar-refractivity contribution in [3.05, 3.63) is 0 Å². The SMILES string of the molecule is O=C(O)COC1CCN(C(=O)C2CCS(=O)(=O)C2)CC1. The maximum atomic E-state index is 12.2. The van der Waals surface area contributed by atoms with Crippen molar-refractivity contribution in [3.63, 3.8) is 0 Å². The molecular weight excluding hydrogens is 286 g/mol. The average Bonchev–Trinajstić information content (AvgIpc) is 2.76. The Bertz CT molecular complexity index is 480. The molecule has 7 nitrogen and oxygen atoms in total. The smallest absolute Gasteiger partial charge is 0.329 e. The molecule has 0 saturated carbocycles. The molecule has 0 aromatic rings. The summed E-state index contributed by atoms with van der Waals surface area (Å²) in [4.78, 5) is 24.3. The molecule has 1 N–H and O–H groups in total. The molecule has 1 atom stereocenters. The number of carboxylic acids is 1. The van der Waals surface area contributed by atoms with E-state index >= 15 is 0 Å². The fourth-order valence-electron chi connectivity index (χ4n) is 2.68. The van der Waals surface area contributed by atoms with Crippen LogP contribution in [-0.2, 0) is 24.2 Å². The summed E-state index contributed by atoms with van der Waals surface area (Å²) in [5, 5.41) is 8.53. The molecule has 0 aliphatic carbocycles. The number of nitrogens with zero attached hydrogens (tertiary/aromatic N) is 1. The van der Waals surface area contributed by atoms with Gasteiger partial charge < -0.3 is 14.7 Å². The van der Waals surface area contributed by atoms with E-state index in [-0.39, 0.29) is 30.1 Å². The first-order valence-corrected chi connectivity index (χ1v) is 8.52. The lowest BCUT2D eigenvalue weighted by atomic mass is 10.0. The molecule has 8 heteroatoms. The Morgan fingerprint density at radius 3 is 2.35 bits per heavy atom. The highest BCUT2D eigenvalue weighted by Crippen LogP contribution is 2.23. The molecule has 20 heavy (non-hydrogen) atoms. The lowest BCUT2D eigenvalue weighted by Gasteiger charge is -2.33. The van der Waals surface area contributed by atoms with Gasteiger partial charge in [-0.25, -0.2) is 13.2 Å². The van der Waals surface area contributed by atoms with Gasteiger partial charge in [0.2, 0.25) is 5.91 Å². The van der Waals surface area contributed by atoms with Gasteiger partial charge in [-0.15, -0.1) is 0 Å². The molecular formula is C12H19NO6S. The number of carbonyl (C=O) groups is 2. The van der Waals surface area contributed by atoms with Crippen molar-refractivity contribution in [1.82, 2.24) is 4.90 Å². The number of aliphatic carboxylic acids is 1. The number of amides is 1. The van der Waals surface area contributed by atoms with Crippen molar-refractivity contribution in [2.45, 2.75) is 25.4 Å². The second kappa shape index (κ2) is 6.09. The van der Waals surface area contributed by atoms with Crippen LogP contribution < -0.4 is 0 Å². The first kappa shape index (κ1) is 15.2. The second-order valence-corrected chi connectivity index (χ2v) is 7.56. The van der Waals surface area contributed by atoms with Gasteiger partial charge in [0.05, 0.1) is 23.5 Å². The fourth-order valence-corrected chi connectivity index (χ4v) is 4.41. The molecule has 0 bridgehead atoms. The summed E-state index contributed by atoms with van der Waals surface area (Å²) in [6.45, 7) is 0.679. The van der Waals surface area contributed by atoms with Gasteiger partial charge in [0, 0.05) is 13.1 Å². The zero-order valence-electron chi connectivity index (χ0n) is 11.2. The van der Waals surface area contributed by atoms with Gasteiger partial charge in [0.1, 0.15) is 6.61 Å². The van der Waals surface area contributed by atoms with E-state index in [1.807, 2.05) is 0 Å². The molecule has 2 aliphatic rings. The van der Waals surface area contributed by atoms with Crippen LogP contribution in [0.4, 0.5) is 0 Å². The van der Waals surface area contributed by atoms with Gasteiger partial charge in [-0.1, -0.05) is 0 Å². The van der Waals surface area contributed by atoms with Gasteiger partial charge in [0.25, 0.3) is 0 Å². The van der Waals surface area contributed by atoms with Crippen LogP contribution in [0.5, 0.6) is 0 Å². The monoisotopic (exact) mass is 305 g/mol. The maximum Gasteiger partial charge on any atom is 0.329 e. The van der Waals surface area contributed by atoms with Crippen LogP contribution in [0.15, 0.2) is 0 Å². The van der Waals surface area contributed by atoms with Gasteiger partial charge in [-0.2, -0.15) is 0 Å². The van der Waals surface area contributed by atoms with Crippen molar-refractivity contribution in [1.29, 1.82) is 0 Å². The number of sulfone groups is 1. The Kier molecular flexibility index (Phi) is 4.64. The minimum absolute atomic E-state index is 0.0404. The Morgan fingerprint density at radius 1 is 1.20 bits per heavy atom. The molecule has 0 spiro atoms. The number of carboxylic acid groups (broad SMARTS) is 1. The van der Waals surface area contributed by atoms with E-state index in [1.54, 1.807) is 4.90 Å². The van der Waals surface area contributed by atoms with Gasteiger partial charge in [-0.05, 0) is 19.3 Å². The quantitative estimate of drug-likeness (QED) is 0.752. The van der Waals surface area contributed by atoms with Crippen molar-refractivity contribution in [2.75, 3.05) is 31.2 Å². The molecule has 0 aromatic carbocycles. The number of carbonyl (C=O) groups excluding carboxylic acids is 1. The van der Waals surface area contributed by atoms with Crippen LogP contribution in [0.2, 0.25) is 0 Å². The van der Waals surface area contributed by atoms with E-state index < -0.39 is 21.7 Å². The third kappa shape index (κ3) is 3.92. The summed E-state index contributed by atoms with van der Waals surface area (Å²) in [6.07, 6.45) is 1.47. The third-order valence-electron chi connectivity index (χ3n) is 3.78. The highest BCUT2D eigenvalue weighted by atomic mass is 32.2. The molecule has 2 rings (SSSR count). The summed E-state index contributed by atoms with van der Waals surface area (Å²) >= 11 is 0. The second-order valence-electron chi connectivity index (χ2n) is 5.33. The van der Waals surface area contributed by atoms with Crippen LogP contribution in [0.1, 0.15) is 19.3 Å². The predicted octanol–water partition coefficient (Wildman–Crippen LogP) is -0.487. The van der Waals surface area contributed by atoms with E-state index in [2.05, 4.69) is 0 Å². The molecule has 114 valence electrons. The fraction of sp³-hybridized carbons (Fsp3) is 0.833. The van der Waals surface area contributed by atoms with Crippen molar-refractivity contribution >= 4 is 21.7 Å². The van der Waals surface area contributed by atoms with E-state index in [4.69, 9.17) is 9.84 Å². The Labute approximate surface area is 117 Å². The van der Waals surface area contributed by atoms with E-state index in [9.17, 15) is 18.0 Å². The Morgan fingerprint density at radius 2 is 1.85 bits per heavy atom. The normalized spacial score (nSPS) is 26.6. The molecule has 2 heterocycles. The zero-order valence-corrected chi connectivity index (χ0v) is 12.0. The van der Waals surface area contributed by atoms with Crippen LogP contribution in [-0.4, -0.2) is 67.6 Å². The molecule has 2 aliphatic heterocycles. The summed E-state index contributed by atoms with van der Waals surface area (Å²) in [6, 6.07) is 0. The lowest BCUT2D eigenvalue weighted by Crippen LogP contribution is -2.44. The van der Waals surface area contributed by atoms with Crippen LogP contribution in [0.25, 0.3) is 0 Å². The molecule has 1 unspecified atom stereocenters. The first-order valence-electron chi connectivity index (χ1n) is 6.70. The highest BCUT2D eigenvalue weighted by Gasteiger charge is 2.36. The Hall–Kier alpha value is -1.15. The van der Waals surface area contributed by atoms with Crippen molar-refractivity contribution in [3.8, 4) is 0 Å². The van der Waals surface area contributed by atoms with Gasteiger partial charge >= 0.3 is 5.97 Å². The maximum absolute atomic E-state index is 12.2. The molecule has 0 radical (unpaired) electrons. The van der Waals surface area contributed by atoms with Crippen molar-refractivity contribution in [2.24, 2.45) is 5.92 Å².